The Balaban J connectivity index is 1.53. The number of aryl methyl sites for hydroxylation is 1. The van der Waals surface area contributed by atoms with Gasteiger partial charge in [0.05, 0.1) is 42.7 Å². The molecule has 7 nitrogen and oxygen atoms in total. The van der Waals surface area contributed by atoms with E-state index in [2.05, 4.69) is 40.8 Å². The zero-order valence-electron chi connectivity index (χ0n) is 18.6. The molecule has 5 rings (SSSR count). The summed E-state index contributed by atoms with van der Waals surface area (Å²) in [6.45, 7) is 1.98. The lowest BCUT2D eigenvalue weighted by Gasteiger charge is -2.32. The van der Waals surface area contributed by atoms with Crippen molar-refractivity contribution in [3.8, 4) is 28.5 Å². The fourth-order valence-electron chi connectivity index (χ4n) is 4.91. The lowest BCUT2D eigenvalue weighted by molar-refractivity contribution is -0.634. The molecule has 0 aliphatic carbocycles. The van der Waals surface area contributed by atoms with Crippen molar-refractivity contribution in [2.45, 2.75) is 19.4 Å². The molecule has 32 heavy (non-hydrogen) atoms. The number of aromatic nitrogens is 1. The number of carboxylic acids is 1. The topological polar surface area (TPSA) is 72.1 Å². The van der Waals surface area contributed by atoms with E-state index in [-0.39, 0.29) is 5.92 Å². The molecular weight excluding hydrogens is 408 g/mol. The highest BCUT2D eigenvalue weighted by Crippen LogP contribution is 2.40. The number of carboxylic acid groups (broad SMARTS) is 1. The Hall–Kier alpha value is -3.48. The van der Waals surface area contributed by atoms with Crippen LogP contribution in [0.3, 0.4) is 0 Å². The maximum Gasteiger partial charge on any atom is 0.306 e. The van der Waals surface area contributed by atoms with Gasteiger partial charge in [0.2, 0.25) is 11.2 Å². The maximum absolute atomic E-state index is 11.3. The van der Waals surface area contributed by atoms with Crippen LogP contribution in [-0.2, 0) is 18.4 Å². The fraction of sp³-hybridized carbons (Fsp3) is 0.360. The second-order valence-corrected chi connectivity index (χ2v) is 8.41. The van der Waals surface area contributed by atoms with Crippen molar-refractivity contribution in [3.05, 3.63) is 42.0 Å². The first kappa shape index (κ1) is 20.4. The minimum Gasteiger partial charge on any atom is -0.493 e. The first-order chi connectivity index (χ1) is 15.5. The van der Waals surface area contributed by atoms with Gasteiger partial charge in [-0.25, -0.2) is 0 Å². The van der Waals surface area contributed by atoms with Gasteiger partial charge in [0, 0.05) is 24.8 Å². The van der Waals surface area contributed by atoms with Crippen LogP contribution in [0.2, 0.25) is 0 Å². The number of aliphatic carboxylic acids is 1. The smallest absolute Gasteiger partial charge is 0.306 e. The van der Waals surface area contributed by atoms with E-state index in [1.165, 1.54) is 0 Å². The van der Waals surface area contributed by atoms with Crippen LogP contribution in [0.25, 0.3) is 22.2 Å². The van der Waals surface area contributed by atoms with Crippen molar-refractivity contribution >= 4 is 22.6 Å². The molecule has 0 radical (unpaired) electrons. The fourth-order valence-corrected chi connectivity index (χ4v) is 4.91. The van der Waals surface area contributed by atoms with E-state index >= 15 is 0 Å². The van der Waals surface area contributed by atoms with Crippen LogP contribution in [0.4, 0.5) is 5.69 Å². The molecule has 1 fully saturated rings. The summed E-state index contributed by atoms with van der Waals surface area (Å²) >= 11 is 0. The highest BCUT2D eigenvalue weighted by molar-refractivity contribution is 5.84. The molecular formula is C25H27N2O5+. The quantitative estimate of drug-likeness (QED) is 0.632. The molecule has 166 valence electrons. The molecule has 1 aromatic heterocycles. The third kappa shape index (κ3) is 3.28. The van der Waals surface area contributed by atoms with Crippen molar-refractivity contribution in [1.29, 1.82) is 0 Å². The molecule has 7 heteroatoms. The number of anilines is 1. The van der Waals surface area contributed by atoms with Crippen LogP contribution in [-0.4, -0.2) is 38.4 Å². The molecule has 2 aliphatic heterocycles. The molecule has 0 bridgehead atoms. The third-order valence-corrected chi connectivity index (χ3v) is 6.68. The first-order valence-corrected chi connectivity index (χ1v) is 10.8. The SMILES string of the molecule is COc1cc2cc3c([n+](C)c2cc1OC)-c1ccc(N2CCC(C(=O)O)CC2)cc1OC3. The summed E-state index contributed by atoms with van der Waals surface area (Å²) in [5.41, 5.74) is 5.42. The van der Waals surface area contributed by atoms with Gasteiger partial charge in [0.15, 0.2) is 11.5 Å². The Morgan fingerprint density at radius 1 is 1.09 bits per heavy atom. The summed E-state index contributed by atoms with van der Waals surface area (Å²) in [4.78, 5) is 13.5. The summed E-state index contributed by atoms with van der Waals surface area (Å²) in [5.74, 6) is 1.32. The van der Waals surface area contributed by atoms with E-state index in [4.69, 9.17) is 14.2 Å². The summed E-state index contributed by atoms with van der Waals surface area (Å²) in [7, 11) is 5.35. The van der Waals surface area contributed by atoms with Crippen LogP contribution in [0.5, 0.6) is 17.2 Å². The Bertz CT molecular complexity index is 1210. The maximum atomic E-state index is 11.3. The van der Waals surface area contributed by atoms with E-state index in [0.717, 1.165) is 52.3 Å². The van der Waals surface area contributed by atoms with Gasteiger partial charge in [0.1, 0.15) is 19.4 Å². The summed E-state index contributed by atoms with van der Waals surface area (Å²) in [6.07, 6.45) is 1.34. The Morgan fingerprint density at radius 3 is 2.50 bits per heavy atom. The van der Waals surface area contributed by atoms with E-state index in [9.17, 15) is 9.90 Å². The van der Waals surface area contributed by atoms with E-state index in [1.807, 2.05) is 12.1 Å². The van der Waals surface area contributed by atoms with Gasteiger partial charge < -0.3 is 24.2 Å². The normalized spacial score (nSPS) is 15.7. The molecule has 2 aromatic carbocycles. The molecule has 3 aromatic rings. The number of carbonyl (C=O) groups is 1. The Morgan fingerprint density at radius 2 is 1.81 bits per heavy atom. The van der Waals surface area contributed by atoms with Gasteiger partial charge in [-0.2, -0.15) is 4.57 Å². The second kappa shape index (κ2) is 7.89. The monoisotopic (exact) mass is 435 g/mol. The average Bonchev–Trinajstić information content (AvgIpc) is 2.82. The summed E-state index contributed by atoms with van der Waals surface area (Å²) in [6, 6.07) is 12.5. The van der Waals surface area contributed by atoms with Gasteiger partial charge in [0.25, 0.3) is 0 Å². The molecule has 1 N–H and O–H groups in total. The van der Waals surface area contributed by atoms with E-state index in [1.54, 1.807) is 14.2 Å². The van der Waals surface area contributed by atoms with E-state index in [0.29, 0.717) is 30.9 Å². The second-order valence-electron chi connectivity index (χ2n) is 8.41. The van der Waals surface area contributed by atoms with Crippen LogP contribution in [0, 0.1) is 5.92 Å². The zero-order chi connectivity index (χ0) is 22.4. The van der Waals surface area contributed by atoms with Crippen LogP contribution < -0.4 is 23.7 Å². The van der Waals surface area contributed by atoms with E-state index < -0.39 is 5.97 Å². The van der Waals surface area contributed by atoms with Crippen molar-refractivity contribution in [2.24, 2.45) is 13.0 Å². The minimum absolute atomic E-state index is 0.241. The number of piperidine rings is 1. The van der Waals surface area contributed by atoms with Gasteiger partial charge in [-0.15, -0.1) is 0 Å². The number of pyridine rings is 1. The number of fused-ring (bicyclic) bond motifs is 4. The number of benzene rings is 2. The predicted molar refractivity (Wildman–Crippen MR) is 121 cm³/mol. The number of rotatable bonds is 4. The minimum atomic E-state index is -0.691. The highest BCUT2D eigenvalue weighted by atomic mass is 16.5. The van der Waals surface area contributed by atoms with Crippen molar-refractivity contribution in [1.82, 2.24) is 0 Å². The van der Waals surface area contributed by atoms with Crippen molar-refractivity contribution in [3.63, 3.8) is 0 Å². The van der Waals surface area contributed by atoms with Crippen molar-refractivity contribution < 1.29 is 28.7 Å². The predicted octanol–water partition coefficient (Wildman–Crippen LogP) is 3.54. The number of nitrogens with zero attached hydrogens (tertiary/aromatic N) is 2. The van der Waals surface area contributed by atoms with Crippen molar-refractivity contribution in [2.75, 3.05) is 32.2 Å². The van der Waals surface area contributed by atoms with Gasteiger partial charge in [-0.3, -0.25) is 4.79 Å². The molecule has 2 aliphatic rings. The third-order valence-electron chi connectivity index (χ3n) is 6.68. The molecule has 1 saturated heterocycles. The molecule has 0 amide bonds. The Labute approximate surface area is 186 Å². The summed E-state index contributed by atoms with van der Waals surface area (Å²) in [5, 5.41) is 10.3. The molecule has 0 spiro atoms. The first-order valence-electron chi connectivity index (χ1n) is 10.8. The summed E-state index contributed by atoms with van der Waals surface area (Å²) < 4.78 is 19.3. The molecule has 0 unspecified atom stereocenters. The van der Waals surface area contributed by atoms with Crippen LogP contribution >= 0.6 is 0 Å². The number of hydrogen-bond donors (Lipinski definition) is 1. The number of methoxy groups -OCH3 is 2. The lowest BCUT2D eigenvalue weighted by Crippen LogP contribution is -2.36. The van der Waals surface area contributed by atoms with Crippen LogP contribution in [0.1, 0.15) is 18.4 Å². The molecule has 0 atom stereocenters. The molecule has 3 heterocycles. The van der Waals surface area contributed by atoms with Gasteiger partial charge in [-0.05, 0) is 37.1 Å². The number of hydrogen-bond acceptors (Lipinski definition) is 5. The average molecular weight is 436 g/mol. The molecule has 0 saturated carbocycles. The van der Waals surface area contributed by atoms with Crippen LogP contribution in [0.15, 0.2) is 36.4 Å². The standard InChI is InChI=1S/C25H26N2O5/c1-26-20-13-23(31-3)22(30-2)11-16(20)10-17-14-32-21-12-18(4-5-19(21)24(17)26)27-8-6-15(7-9-27)25(28)29/h4-5,10-13,15H,6-9,14H2,1-3H3/p+1. The van der Waals surface area contributed by atoms with Gasteiger partial charge in [-0.1, -0.05) is 0 Å². The highest BCUT2D eigenvalue weighted by Gasteiger charge is 2.30. The zero-order valence-corrected chi connectivity index (χ0v) is 18.6. The lowest BCUT2D eigenvalue weighted by atomic mass is 9.96. The largest absolute Gasteiger partial charge is 0.493 e. The van der Waals surface area contributed by atoms with Gasteiger partial charge >= 0.3 is 5.97 Å². The Kier molecular flexibility index (Phi) is 5.04. The number of ether oxygens (including phenoxy) is 3.